The Labute approximate surface area is 201 Å². The molecular weight excluding hydrogens is 434 g/mol. The molecule has 1 N–H and O–H groups in total. The van der Waals surface area contributed by atoms with E-state index in [1.807, 2.05) is 12.1 Å². The second kappa shape index (κ2) is 11.6. The first-order valence-corrected chi connectivity index (χ1v) is 12.5. The monoisotopic (exact) mass is 467 g/mol. The maximum atomic E-state index is 10.9. The second-order valence-electron chi connectivity index (χ2n) is 8.95. The first kappa shape index (κ1) is 23.7. The normalized spacial score (nSPS) is 14.8. The molecule has 2 heterocycles. The highest BCUT2D eigenvalue weighted by molar-refractivity contribution is 6.33. The van der Waals surface area contributed by atoms with E-state index in [1.54, 1.807) is 0 Å². The number of piperazine rings is 1. The number of hydrogen-bond acceptors (Lipinski definition) is 3. The third-order valence-electron chi connectivity index (χ3n) is 6.65. The lowest BCUT2D eigenvalue weighted by atomic mass is 10.1. The van der Waals surface area contributed by atoms with Gasteiger partial charge in [0.2, 0.25) is 0 Å². The summed E-state index contributed by atoms with van der Waals surface area (Å²) in [6.45, 7) is 6.41. The third-order valence-corrected chi connectivity index (χ3v) is 6.97. The first-order chi connectivity index (χ1) is 16.1. The Bertz CT molecular complexity index is 1060. The lowest BCUT2D eigenvalue weighted by Crippen LogP contribution is -2.46. The van der Waals surface area contributed by atoms with Crippen molar-refractivity contribution in [2.45, 2.75) is 45.1 Å². The number of rotatable bonds is 11. The van der Waals surface area contributed by atoms with Crippen molar-refractivity contribution >= 4 is 34.2 Å². The molecule has 2 aromatic carbocycles. The number of aryl methyl sites for hydroxylation is 2. The molecule has 1 aliphatic heterocycles. The fraction of sp³-hybridized carbons (Fsp3) is 0.444. The zero-order valence-electron chi connectivity index (χ0n) is 19.3. The average Bonchev–Trinajstić information content (AvgIpc) is 3.17. The SMILES string of the molecule is O=C(O)CCCc1cn(CCCCCN2CCN(c3ccccc3Cl)CC2)c2ccccc12. The van der Waals surface area contributed by atoms with Crippen molar-refractivity contribution in [2.24, 2.45) is 0 Å². The smallest absolute Gasteiger partial charge is 0.303 e. The summed E-state index contributed by atoms with van der Waals surface area (Å²) in [5.41, 5.74) is 3.68. The summed E-state index contributed by atoms with van der Waals surface area (Å²) in [6.07, 6.45) is 7.56. The highest BCUT2D eigenvalue weighted by atomic mass is 35.5. The quantitative estimate of drug-likeness (QED) is 0.368. The van der Waals surface area contributed by atoms with Crippen molar-refractivity contribution in [3.63, 3.8) is 0 Å². The number of carbonyl (C=O) groups is 1. The molecule has 0 spiro atoms. The number of aromatic nitrogens is 1. The Morgan fingerprint density at radius 1 is 0.879 bits per heavy atom. The molecule has 1 aromatic heterocycles. The topological polar surface area (TPSA) is 48.7 Å². The van der Waals surface area contributed by atoms with Gasteiger partial charge in [-0.2, -0.15) is 0 Å². The first-order valence-electron chi connectivity index (χ1n) is 12.1. The van der Waals surface area contributed by atoms with E-state index in [4.69, 9.17) is 16.7 Å². The predicted molar refractivity (Wildman–Crippen MR) is 136 cm³/mol. The molecule has 1 saturated heterocycles. The molecule has 6 heteroatoms. The van der Waals surface area contributed by atoms with E-state index in [9.17, 15) is 4.79 Å². The molecule has 0 amide bonds. The molecule has 5 nitrogen and oxygen atoms in total. The molecule has 0 radical (unpaired) electrons. The minimum absolute atomic E-state index is 0.228. The number of para-hydroxylation sites is 2. The summed E-state index contributed by atoms with van der Waals surface area (Å²) >= 11 is 6.36. The number of hydrogen-bond donors (Lipinski definition) is 1. The number of fused-ring (bicyclic) bond motifs is 1. The van der Waals surface area contributed by atoms with Crippen LogP contribution in [0.15, 0.2) is 54.7 Å². The summed E-state index contributed by atoms with van der Waals surface area (Å²) in [6, 6.07) is 16.6. The van der Waals surface area contributed by atoms with E-state index in [0.29, 0.717) is 6.42 Å². The van der Waals surface area contributed by atoms with Crippen LogP contribution in [0.5, 0.6) is 0 Å². The predicted octanol–water partition coefficient (Wildman–Crippen LogP) is 5.69. The van der Waals surface area contributed by atoms with Gasteiger partial charge in [-0.25, -0.2) is 0 Å². The molecule has 176 valence electrons. The number of carboxylic acid groups (broad SMARTS) is 1. The molecule has 0 atom stereocenters. The molecular formula is C27H34ClN3O2. The van der Waals surface area contributed by atoms with Crippen LogP contribution < -0.4 is 4.90 Å². The van der Waals surface area contributed by atoms with Crippen LogP contribution in [0.1, 0.15) is 37.7 Å². The van der Waals surface area contributed by atoms with Crippen molar-refractivity contribution in [3.8, 4) is 0 Å². The number of carboxylic acids is 1. The van der Waals surface area contributed by atoms with E-state index in [0.717, 1.165) is 62.8 Å². The van der Waals surface area contributed by atoms with Gasteiger partial charge in [0.25, 0.3) is 0 Å². The Kier molecular flexibility index (Phi) is 8.30. The van der Waals surface area contributed by atoms with Crippen LogP contribution in [0.4, 0.5) is 5.69 Å². The van der Waals surface area contributed by atoms with Gasteiger partial charge < -0.3 is 14.6 Å². The number of unbranched alkanes of at least 4 members (excludes halogenated alkanes) is 2. The second-order valence-corrected chi connectivity index (χ2v) is 9.36. The van der Waals surface area contributed by atoms with E-state index in [1.165, 1.54) is 29.3 Å². The van der Waals surface area contributed by atoms with Crippen LogP contribution in [0.25, 0.3) is 10.9 Å². The van der Waals surface area contributed by atoms with Crippen LogP contribution in [0.2, 0.25) is 5.02 Å². The zero-order valence-corrected chi connectivity index (χ0v) is 20.0. The van der Waals surface area contributed by atoms with Crippen molar-refractivity contribution in [3.05, 3.63) is 65.3 Å². The number of anilines is 1. The van der Waals surface area contributed by atoms with Crippen LogP contribution >= 0.6 is 11.6 Å². The Morgan fingerprint density at radius 3 is 2.39 bits per heavy atom. The molecule has 3 aromatic rings. The van der Waals surface area contributed by atoms with Crippen LogP contribution in [0, 0.1) is 0 Å². The van der Waals surface area contributed by atoms with Crippen molar-refractivity contribution in [1.82, 2.24) is 9.47 Å². The molecule has 0 aliphatic carbocycles. The van der Waals surface area contributed by atoms with Crippen molar-refractivity contribution in [2.75, 3.05) is 37.6 Å². The van der Waals surface area contributed by atoms with Gasteiger partial charge in [-0.15, -0.1) is 0 Å². The van der Waals surface area contributed by atoms with Gasteiger partial charge >= 0.3 is 5.97 Å². The average molecular weight is 468 g/mol. The van der Waals surface area contributed by atoms with Gasteiger partial charge in [-0.1, -0.05) is 48.4 Å². The van der Waals surface area contributed by atoms with Gasteiger partial charge in [0, 0.05) is 56.2 Å². The van der Waals surface area contributed by atoms with Gasteiger partial charge in [0.1, 0.15) is 0 Å². The molecule has 0 bridgehead atoms. The highest BCUT2D eigenvalue weighted by Gasteiger charge is 2.18. The molecule has 0 unspecified atom stereocenters. The van der Waals surface area contributed by atoms with Gasteiger partial charge in [-0.3, -0.25) is 9.69 Å². The number of nitrogens with zero attached hydrogens (tertiary/aromatic N) is 3. The molecule has 1 fully saturated rings. The molecule has 33 heavy (non-hydrogen) atoms. The van der Waals surface area contributed by atoms with Crippen LogP contribution in [-0.4, -0.2) is 53.3 Å². The Balaban J connectivity index is 1.20. The fourth-order valence-corrected chi connectivity index (χ4v) is 5.11. The third kappa shape index (κ3) is 6.30. The minimum atomic E-state index is -0.719. The Hall–Kier alpha value is -2.50. The summed E-state index contributed by atoms with van der Waals surface area (Å²) in [5.74, 6) is -0.719. The van der Waals surface area contributed by atoms with Gasteiger partial charge in [-0.05, 0) is 56.0 Å². The number of benzene rings is 2. The summed E-state index contributed by atoms with van der Waals surface area (Å²) in [4.78, 5) is 15.8. The summed E-state index contributed by atoms with van der Waals surface area (Å²) < 4.78 is 2.35. The summed E-state index contributed by atoms with van der Waals surface area (Å²) in [7, 11) is 0. The number of aliphatic carboxylic acids is 1. The summed E-state index contributed by atoms with van der Waals surface area (Å²) in [5, 5.41) is 11.0. The largest absolute Gasteiger partial charge is 0.481 e. The van der Waals surface area contributed by atoms with E-state index in [2.05, 4.69) is 57.0 Å². The number of halogens is 1. The minimum Gasteiger partial charge on any atom is -0.481 e. The fourth-order valence-electron chi connectivity index (χ4n) is 4.85. The van der Waals surface area contributed by atoms with E-state index >= 15 is 0 Å². The maximum Gasteiger partial charge on any atom is 0.303 e. The van der Waals surface area contributed by atoms with Gasteiger partial charge in [0.05, 0.1) is 10.7 Å². The maximum absolute atomic E-state index is 10.9. The van der Waals surface area contributed by atoms with Crippen molar-refractivity contribution in [1.29, 1.82) is 0 Å². The van der Waals surface area contributed by atoms with Crippen molar-refractivity contribution < 1.29 is 9.90 Å². The van der Waals surface area contributed by atoms with Crippen LogP contribution in [0.3, 0.4) is 0 Å². The zero-order chi connectivity index (χ0) is 23.0. The van der Waals surface area contributed by atoms with Crippen LogP contribution in [-0.2, 0) is 17.8 Å². The molecule has 1 aliphatic rings. The lowest BCUT2D eigenvalue weighted by molar-refractivity contribution is -0.137. The highest BCUT2D eigenvalue weighted by Crippen LogP contribution is 2.26. The van der Waals surface area contributed by atoms with Gasteiger partial charge in [0.15, 0.2) is 0 Å². The molecule has 4 rings (SSSR count). The van der Waals surface area contributed by atoms with E-state index in [-0.39, 0.29) is 6.42 Å². The Morgan fingerprint density at radius 2 is 1.61 bits per heavy atom. The standard InChI is InChI=1S/C27H34ClN3O2/c28-24-11-3-5-13-26(24)30-19-17-29(18-20-30)15-6-1-7-16-31-21-22(9-8-14-27(32)33)23-10-2-4-12-25(23)31/h2-5,10-13,21H,1,6-9,14-20H2,(H,32,33). The van der Waals surface area contributed by atoms with E-state index < -0.39 is 5.97 Å². The lowest BCUT2D eigenvalue weighted by Gasteiger charge is -2.36. The molecule has 0 saturated carbocycles.